The topological polar surface area (TPSA) is 35.2 Å². The fourth-order valence-corrected chi connectivity index (χ4v) is 3.36. The molecule has 0 aliphatic carbocycles. The zero-order valence-electron chi connectivity index (χ0n) is 11.0. The summed E-state index contributed by atoms with van der Waals surface area (Å²) in [4.78, 5) is 0. The average molecular weight is 305 g/mol. The molecule has 0 aromatic heterocycles. The number of ether oxygens (including phenoxy) is 1. The van der Waals surface area contributed by atoms with Crippen LogP contribution in [0, 0.1) is 5.92 Å². The lowest BCUT2D eigenvalue weighted by molar-refractivity contribution is -0.137. The highest BCUT2D eigenvalue weighted by atomic mass is 32.2. The molecule has 1 aromatic rings. The lowest BCUT2D eigenvalue weighted by Gasteiger charge is -2.27. The largest absolute Gasteiger partial charge is 0.492 e. The van der Waals surface area contributed by atoms with Crippen molar-refractivity contribution in [2.45, 2.75) is 25.1 Å². The van der Waals surface area contributed by atoms with Gasteiger partial charge in [0.25, 0.3) is 0 Å². The summed E-state index contributed by atoms with van der Waals surface area (Å²) in [6.45, 7) is 0.348. The Balaban J connectivity index is 1.84. The molecule has 20 heavy (non-hydrogen) atoms. The first-order valence-electron chi connectivity index (χ1n) is 6.60. The van der Waals surface area contributed by atoms with E-state index in [-0.39, 0.29) is 6.04 Å². The Bertz CT molecular complexity index is 415. The fraction of sp³-hybridized carbons (Fsp3) is 0.571. The highest BCUT2D eigenvalue weighted by Crippen LogP contribution is 2.30. The molecule has 1 fully saturated rings. The number of alkyl halides is 3. The molecule has 0 bridgehead atoms. The van der Waals surface area contributed by atoms with Gasteiger partial charge in [-0.2, -0.15) is 24.9 Å². The van der Waals surface area contributed by atoms with E-state index in [2.05, 4.69) is 0 Å². The standard InChI is InChI=1S/C14H18F3NOS/c15-14(16,17)11-1-3-12(4-2-11)19-9-13(18)10-5-7-20-8-6-10/h1-4,10,13H,5-9,18H2. The van der Waals surface area contributed by atoms with Gasteiger partial charge in [0.15, 0.2) is 0 Å². The predicted octanol–water partition coefficient (Wildman–Crippen LogP) is 3.55. The molecule has 112 valence electrons. The van der Waals surface area contributed by atoms with Crippen LogP contribution >= 0.6 is 11.8 Å². The Morgan fingerprint density at radius 1 is 1.20 bits per heavy atom. The summed E-state index contributed by atoms with van der Waals surface area (Å²) in [7, 11) is 0. The molecule has 0 spiro atoms. The van der Waals surface area contributed by atoms with Crippen molar-refractivity contribution in [3.63, 3.8) is 0 Å². The molecule has 0 saturated carbocycles. The van der Waals surface area contributed by atoms with Crippen molar-refractivity contribution in [2.24, 2.45) is 11.7 Å². The fourth-order valence-electron chi connectivity index (χ4n) is 2.21. The first-order chi connectivity index (χ1) is 9.47. The SMILES string of the molecule is NC(COc1ccc(C(F)(F)F)cc1)C1CCSCC1. The zero-order chi connectivity index (χ0) is 14.6. The highest BCUT2D eigenvalue weighted by Gasteiger charge is 2.30. The van der Waals surface area contributed by atoms with Crippen molar-refractivity contribution in [3.8, 4) is 5.75 Å². The Kier molecular flexibility index (Phi) is 5.21. The van der Waals surface area contributed by atoms with Crippen LogP contribution in [0.5, 0.6) is 5.75 Å². The predicted molar refractivity (Wildman–Crippen MR) is 75.0 cm³/mol. The summed E-state index contributed by atoms with van der Waals surface area (Å²) in [5.41, 5.74) is 5.41. The maximum absolute atomic E-state index is 12.4. The third kappa shape index (κ3) is 4.31. The molecule has 1 atom stereocenters. The minimum atomic E-state index is -4.31. The van der Waals surface area contributed by atoms with Gasteiger partial charge < -0.3 is 10.5 Å². The third-order valence-corrected chi connectivity index (χ3v) is 4.54. The van der Waals surface area contributed by atoms with Crippen LogP contribution in [0.15, 0.2) is 24.3 Å². The Morgan fingerprint density at radius 3 is 2.35 bits per heavy atom. The van der Waals surface area contributed by atoms with E-state index < -0.39 is 11.7 Å². The lowest BCUT2D eigenvalue weighted by atomic mass is 9.95. The van der Waals surface area contributed by atoms with Crippen molar-refractivity contribution in [1.82, 2.24) is 0 Å². The molecular formula is C14H18F3NOS. The van der Waals surface area contributed by atoms with Crippen LogP contribution in [0.3, 0.4) is 0 Å². The minimum Gasteiger partial charge on any atom is -0.492 e. The molecular weight excluding hydrogens is 287 g/mol. The average Bonchev–Trinajstić information content (AvgIpc) is 2.45. The molecule has 2 N–H and O–H groups in total. The van der Waals surface area contributed by atoms with E-state index in [0.717, 1.165) is 36.5 Å². The molecule has 1 aromatic carbocycles. The summed E-state index contributed by atoms with van der Waals surface area (Å²) >= 11 is 1.93. The number of nitrogens with two attached hydrogens (primary N) is 1. The van der Waals surface area contributed by atoms with Gasteiger partial charge in [0.1, 0.15) is 12.4 Å². The Hall–Kier alpha value is -0.880. The minimum absolute atomic E-state index is 0.0572. The van der Waals surface area contributed by atoms with Crippen LogP contribution in [0.1, 0.15) is 18.4 Å². The summed E-state index contributed by atoms with van der Waals surface area (Å²) in [6, 6.07) is 4.67. The number of halogens is 3. The van der Waals surface area contributed by atoms with E-state index in [1.165, 1.54) is 12.1 Å². The zero-order valence-corrected chi connectivity index (χ0v) is 11.8. The second kappa shape index (κ2) is 6.72. The van der Waals surface area contributed by atoms with Gasteiger partial charge in [0, 0.05) is 6.04 Å². The number of benzene rings is 1. The van der Waals surface area contributed by atoms with Gasteiger partial charge in [-0.3, -0.25) is 0 Å². The first kappa shape index (κ1) is 15.5. The normalized spacial score (nSPS) is 18.8. The van der Waals surface area contributed by atoms with Crippen molar-refractivity contribution >= 4 is 11.8 Å². The van der Waals surface area contributed by atoms with Gasteiger partial charge in [0.05, 0.1) is 5.56 Å². The van der Waals surface area contributed by atoms with Gasteiger partial charge in [-0.25, -0.2) is 0 Å². The van der Waals surface area contributed by atoms with Crippen molar-refractivity contribution in [3.05, 3.63) is 29.8 Å². The summed E-state index contributed by atoms with van der Waals surface area (Å²) in [5, 5.41) is 0. The first-order valence-corrected chi connectivity index (χ1v) is 7.75. The molecule has 1 heterocycles. The van der Waals surface area contributed by atoms with Crippen LogP contribution in [0.4, 0.5) is 13.2 Å². The lowest BCUT2D eigenvalue weighted by Crippen LogP contribution is -2.37. The van der Waals surface area contributed by atoms with Crippen LogP contribution in [-0.2, 0) is 6.18 Å². The van der Waals surface area contributed by atoms with Gasteiger partial charge in [0.2, 0.25) is 0 Å². The summed E-state index contributed by atoms with van der Waals surface area (Å²) in [6.07, 6.45) is -2.14. The molecule has 2 nitrogen and oxygen atoms in total. The van der Waals surface area contributed by atoms with Gasteiger partial charge >= 0.3 is 6.18 Å². The van der Waals surface area contributed by atoms with E-state index in [1.54, 1.807) is 0 Å². The van der Waals surface area contributed by atoms with Gasteiger partial charge in [-0.05, 0) is 54.5 Å². The Labute approximate surface area is 120 Å². The van der Waals surface area contributed by atoms with Crippen LogP contribution in [0.2, 0.25) is 0 Å². The second-order valence-electron chi connectivity index (χ2n) is 4.95. The van der Waals surface area contributed by atoms with Crippen molar-refractivity contribution < 1.29 is 17.9 Å². The summed E-state index contributed by atoms with van der Waals surface area (Å²) in [5.74, 6) is 3.13. The number of thioether (sulfide) groups is 1. The molecule has 0 radical (unpaired) electrons. The molecule has 0 amide bonds. The second-order valence-corrected chi connectivity index (χ2v) is 6.17. The number of hydrogen-bond acceptors (Lipinski definition) is 3. The number of rotatable bonds is 4. The van der Waals surface area contributed by atoms with Crippen LogP contribution in [0.25, 0.3) is 0 Å². The van der Waals surface area contributed by atoms with Crippen molar-refractivity contribution in [1.29, 1.82) is 0 Å². The third-order valence-electron chi connectivity index (χ3n) is 3.50. The highest BCUT2D eigenvalue weighted by molar-refractivity contribution is 7.99. The molecule has 1 aliphatic rings. The van der Waals surface area contributed by atoms with Crippen molar-refractivity contribution in [2.75, 3.05) is 18.1 Å². The molecule has 1 aliphatic heterocycles. The maximum atomic E-state index is 12.4. The number of hydrogen-bond donors (Lipinski definition) is 1. The van der Waals surface area contributed by atoms with Crippen LogP contribution in [-0.4, -0.2) is 24.2 Å². The van der Waals surface area contributed by atoms with E-state index in [9.17, 15) is 13.2 Å². The molecule has 1 saturated heterocycles. The van der Waals surface area contributed by atoms with E-state index >= 15 is 0 Å². The summed E-state index contributed by atoms with van der Waals surface area (Å²) < 4.78 is 42.7. The maximum Gasteiger partial charge on any atom is 0.416 e. The van der Waals surface area contributed by atoms with E-state index in [1.807, 2.05) is 11.8 Å². The smallest absolute Gasteiger partial charge is 0.416 e. The van der Waals surface area contributed by atoms with E-state index in [4.69, 9.17) is 10.5 Å². The molecule has 2 rings (SSSR count). The van der Waals surface area contributed by atoms with Crippen LogP contribution < -0.4 is 10.5 Å². The molecule has 1 unspecified atom stereocenters. The Morgan fingerprint density at radius 2 is 1.80 bits per heavy atom. The van der Waals surface area contributed by atoms with Gasteiger partial charge in [-0.1, -0.05) is 0 Å². The van der Waals surface area contributed by atoms with E-state index in [0.29, 0.717) is 18.3 Å². The molecule has 6 heteroatoms. The quantitative estimate of drug-likeness (QED) is 0.924. The van der Waals surface area contributed by atoms with Gasteiger partial charge in [-0.15, -0.1) is 0 Å². The monoisotopic (exact) mass is 305 g/mol.